The minimum absolute atomic E-state index is 0.490. The van der Waals surface area contributed by atoms with E-state index in [1.807, 2.05) is 6.08 Å². The summed E-state index contributed by atoms with van der Waals surface area (Å²) in [6, 6.07) is 0. The first kappa shape index (κ1) is 8.63. The molecular formula is C10H18O. The fourth-order valence-corrected chi connectivity index (χ4v) is 1.77. The van der Waals surface area contributed by atoms with Gasteiger partial charge in [0, 0.05) is 5.92 Å². The summed E-state index contributed by atoms with van der Waals surface area (Å²) in [5.74, 6) is 1.14. The number of hydrogen-bond donors (Lipinski definition) is 1. The maximum atomic E-state index is 9.54. The SMILES string of the molecule is CC/C=C(\O)C1CCCCC1. The molecule has 0 atom stereocenters. The molecule has 0 bridgehead atoms. The molecule has 0 aliphatic heterocycles. The Kier molecular flexibility index (Phi) is 3.47. The van der Waals surface area contributed by atoms with Gasteiger partial charge in [0.2, 0.25) is 0 Å². The Hall–Kier alpha value is -0.460. The molecule has 0 aromatic heterocycles. The van der Waals surface area contributed by atoms with Crippen LogP contribution in [0.3, 0.4) is 0 Å². The smallest absolute Gasteiger partial charge is 0.0913 e. The summed E-state index contributed by atoms with van der Waals surface area (Å²) in [6.07, 6.45) is 9.26. The summed E-state index contributed by atoms with van der Waals surface area (Å²) in [5, 5.41) is 9.54. The number of aliphatic hydroxyl groups is 1. The molecule has 1 aliphatic rings. The first-order chi connectivity index (χ1) is 5.34. The lowest BCUT2D eigenvalue weighted by Crippen LogP contribution is -2.08. The van der Waals surface area contributed by atoms with E-state index in [2.05, 4.69) is 6.92 Å². The van der Waals surface area contributed by atoms with E-state index in [-0.39, 0.29) is 0 Å². The van der Waals surface area contributed by atoms with E-state index in [1.54, 1.807) is 0 Å². The summed E-state index contributed by atoms with van der Waals surface area (Å²) in [7, 11) is 0. The van der Waals surface area contributed by atoms with Crippen molar-refractivity contribution in [1.82, 2.24) is 0 Å². The van der Waals surface area contributed by atoms with Gasteiger partial charge in [-0.2, -0.15) is 0 Å². The topological polar surface area (TPSA) is 20.2 Å². The van der Waals surface area contributed by atoms with Crippen molar-refractivity contribution in [3.8, 4) is 0 Å². The molecule has 1 nitrogen and oxygen atoms in total. The highest BCUT2D eigenvalue weighted by atomic mass is 16.3. The van der Waals surface area contributed by atoms with Crippen LogP contribution >= 0.6 is 0 Å². The predicted molar refractivity (Wildman–Crippen MR) is 47.6 cm³/mol. The minimum Gasteiger partial charge on any atom is -0.512 e. The molecule has 64 valence electrons. The zero-order chi connectivity index (χ0) is 8.10. The molecular weight excluding hydrogens is 136 g/mol. The van der Waals surface area contributed by atoms with Gasteiger partial charge in [-0.3, -0.25) is 0 Å². The maximum absolute atomic E-state index is 9.54. The summed E-state index contributed by atoms with van der Waals surface area (Å²) in [6.45, 7) is 2.07. The van der Waals surface area contributed by atoms with Crippen LogP contribution in [0.4, 0.5) is 0 Å². The first-order valence-corrected chi connectivity index (χ1v) is 4.73. The molecule has 0 amide bonds. The van der Waals surface area contributed by atoms with Gasteiger partial charge in [0.15, 0.2) is 0 Å². The van der Waals surface area contributed by atoms with E-state index in [4.69, 9.17) is 0 Å². The van der Waals surface area contributed by atoms with E-state index < -0.39 is 0 Å². The number of rotatable bonds is 2. The van der Waals surface area contributed by atoms with Gasteiger partial charge in [-0.15, -0.1) is 0 Å². The average molecular weight is 154 g/mol. The van der Waals surface area contributed by atoms with Crippen LogP contribution in [0.15, 0.2) is 11.8 Å². The minimum atomic E-state index is 0.490. The molecule has 0 saturated heterocycles. The van der Waals surface area contributed by atoms with Crippen LogP contribution in [0.1, 0.15) is 45.4 Å². The van der Waals surface area contributed by atoms with Crippen molar-refractivity contribution in [1.29, 1.82) is 0 Å². The molecule has 1 fully saturated rings. The van der Waals surface area contributed by atoms with Crippen molar-refractivity contribution < 1.29 is 5.11 Å². The lowest BCUT2D eigenvalue weighted by Gasteiger charge is -2.20. The third kappa shape index (κ3) is 2.57. The van der Waals surface area contributed by atoms with Crippen LogP contribution < -0.4 is 0 Å². The van der Waals surface area contributed by atoms with Crippen molar-refractivity contribution in [2.45, 2.75) is 45.4 Å². The molecule has 0 unspecified atom stereocenters. The van der Waals surface area contributed by atoms with E-state index in [0.29, 0.717) is 11.7 Å². The lowest BCUT2D eigenvalue weighted by atomic mass is 9.87. The zero-order valence-electron chi connectivity index (χ0n) is 7.34. The van der Waals surface area contributed by atoms with E-state index >= 15 is 0 Å². The van der Waals surface area contributed by atoms with Crippen molar-refractivity contribution in [2.24, 2.45) is 5.92 Å². The predicted octanol–water partition coefficient (Wildman–Crippen LogP) is 3.42. The molecule has 0 radical (unpaired) electrons. The second-order valence-corrected chi connectivity index (χ2v) is 3.37. The number of hydrogen-bond acceptors (Lipinski definition) is 1. The van der Waals surface area contributed by atoms with Crippen molar-refractivity contribution in [3.63, 3.8) is 0 Å². The van der Waals surface area contributed by atoms with Crippen LogP contribution in [0.5, 0.6) is 0 Å². The quantitative estimate of drug-likeness (QED) is 0.604. The van der Waals surface area contributed by atoms with Gasteiger partial charge in [0.1, 0.15) is 0 Å². The van der Waals surface area contributed by atoms with Crippen molar-refractivity contribution in [2.75, 3.05) is 0 Å². The standard InChI is InChI=1S/C10H18O/c1-2-6-10(11)9-7-4-3-5-8-9/h6,9,11H,2-5,7-8H2,1H3/b10-6-. The highest BCUT2D eigenvalue weighted by Gasteiger charge is 2.16. The molecule has 1 aliphatic carbocycles. The third-order valence-electron chi connectivity index (χ3n) is 2.44. The van der Waals surface area contributed by atoms with E-state index in [1.165, 1.54) is 32.1 Å². The molecule has 1 saturated carbocycles. The van der Waals surface area contributed by atoms with Crippen LogP contribution in [0.25, 0.3) is 0 Å². The molecule has 0 aromatic carbocycles. The van der Waals surface area contributed by atoms with Gasteiger partial charge in [-0.05, 0) is 25.3 Å². The molecule has 0 heterocycles. The Balaban J connectivity index is 2.38. The average Bonchev–Trinajstić information content (AvgIpc) is 2.07. The van der Waals surface area contributed by atoms with Gasteiger partial charge in [0.05, 0.1) is 5.76 Å². The van der Waals surface area contributed by atoms with Crippen molar-refractivity contribution >= 4 is 0 Å². The molecule has 11 heavy (non-hydrogen) atoms. The summed E-state index contributed by atoms with van der Waals surface area (Å²) in [4.78, 5) is 0. The molecule has 0 aromatic rings. The van der Waals surface area contributed by atoms with Crippen LogP contribution in [0.2, 0.25) is 0 Å². The highest BCUT2D eigenvalue weighted by molar-refractivity contribution is 4.97. The van der Waals surface area contributed by atoms with E-state index in [0.717, 1.165) is 6.42 Å². The highest BCUT2D eigenvalue weighted by Crippen LogP contribution is 2.28. The number of aliphatic hydroxyl groups excluding tert-OH is 1. The second kappa shape index (κ2) is 4.42. The normalized spacial score (nSPS) is 22.1. The molecule has 1 N–H and O–H groups in total. The Morgan fingerprint density at radius 1 is 1.36 bits per heavy atom. The Bertz CT molecular complexity index is 132. The maximum Gasteiger partial charge on any atom is 0.0913 e. The lowest BCUT2D eigenvalue weighted by molar-refractivity contribution is 0.274. The van der Waals surface area contributed by atoms with Gasteiger partial charge >= 0.3 is 0 Å². The fourth-order valence-electron chi connectivity index (χ4n) is 1.77. The molecule has 1 rings (SSSR count). The van der Waals surface area contributed by atoms with Crippen LogP contribution in [-0.4, -0.2) is 5.11 Å². The van der Waals surface area contributed by atoms with Crippen molar-refractivity contribution in [3.05, 3.63) is 11.8 Å². The Morgan fingerprint density at radius 2 is 2.00 bits per heavy atom. The van der Waals surface area contributed by atoms with Gasteiger partial charge in [-0.1, -0.05) is 26.2 Å². The Labute approximate surface area is 69.1 Å². The second-order valence-electron chi connectivity index (χ2n) is 3.37. The largest absolute Gasteiger partial charge is 0.512 e. The Morgan fingerprint density at radius 3 is 2.55 bits per heavy atom. The number of allylic oxidation sites excluding steroid dienone is 2. The molecule has 0 spiro atoms. The van der Waals surface area contributed by atoms with E-state index in [9.17, 15) is 5.11 Å². The van der Waals surface area contributed by atoms with Gasteiger partial charge in [-0.25, -0.2) is 0 Å². The van der Waals surface area contributed by atoms with Gasteiger partial charge < -0.3 is 5.11 Å². The van der Waals surface area contributed by atoms with Crippen LogP contribution in [-0.2, 0) is 0 Å². The zero-order valence-corrected chi connectivity index (χ0v) is 7.34. The summed E-state index contributed by atoms with van der Waals surface area (Å²) < 4.78 is 0. The van der Waals surface area contributed by atoms with Crippen LogP contribution in [0, 0.1) is 5.92 Å². The first-order valence-electron chi connectivity index (χ1n) is 4.73. The summed E-state index contributed by atoms with van der Waals surface area (Å²) >= 11 is 0. The third-order valence-corrected chi connectivity index (χ3v) is 2.44. The van der Waals surface area contributed by atoms with Gasteiger partial charge in [0.25, 0.3) is 0 Å². The summed E-state index contributed by atoms with van der Waals surface area (Å²) in [5.41, 5.74) is 0. The monoisotopic (exact) mass is 154 g/mol. The fraction of sp³-hybridized carbons (Fsp3) is 0.800. The molecule has 1 heteroatoms.